The zero-order valence-electron chi connectivity index (χ0n) is 8.71. The molecule has 0 saturated carbocycles. The van der Waals surface area contributed by atoms with Crippen LogP contribution in [0.2, 0.25) is 0 Å². The fourth-order valence-electron chi connectivity index (χ4n) is 1.38. The van der Waals surface area contributed by atoms with Gasteiger partial charge < -0.3 is 11.5 Å². The third kappa shape index (κ3) is 3.75. The fraction of sp³-hybridized carbons (Fsp3) is 1.00. The van der Waals surface area contributed by atoms with Crippen LogP contribution in [-0.2, 0) is 10.8 Å². The number of hydrogen-bond acceptors (Lipinski definition) is 3. The van der Waals surface area contributed by atoms with Crippen LogP contribution in [0.1, 0.15) is 29.5 Å². The molecule has 13 heavy (non-hydrogen) atoms. The number of rotatable bonds is 2. The average Bonchev–Trinajstić information content (AvgIpc) is 2.23. The van der Waals surface area contributed by atoms with Crippen molar-refractivity contribution < 1.29 is 7.06 Å². The predicted molar refractivity (Wildman–Crippen MR) is 63.2 cm³/mol. The molecule has 3 nitrogen and oxygen atoms in total. The summed E-state index contributed by atoms with van der Waals surface area (Å²) in [6.07, 6.45) is 1.87. The summed E-state index contributed by atoms with van der Waals surface area (Å²) in [6.45, 7) is 5.28. The normalized spacial score (nSPS) is 21.8. The van der Waals surface area contributed by atoms with Crippen molar-refractivity contribution in [3.63, 3.8) is 0 Å². The Bertz CT molecular complexity index is 154. The summed E-state index contributed by atoms with van der Waals surface area (Å²) in [4.78, 5) is 0. The largest absolute Gasteiger partial charge is 0.330 e. The molecule has 0 radical (unpaired) electrons. The van der Waals surface area contributed by atoms with Crippen LogP contribution < -0.4 is 11.5 Å². The predicted octanol–water partition coefficient (Wildman–Crippen LogP) is 0.951. The zero-order valence-corrected chi connectivity index (χ0v) is 9.53. The maximum absolute atomic E-state index is 11.0. The Morgan fingerprint density at radius 1 is 1.23 bits per heavy atom. The van der Waals surface area contributed by atoms with Gasteiger partial charge in [-0.25, -0.2) is 0 Å². The quantitative estimate of drug-likeness (QED) is 0.713. The summed E-state index contributed by atoms with van der Waals surface area (Å²) in [7, 11) is -0.601. The van der Waals surface area contributed by atoms with E-state index in [1.165, 1.54) is 0 Å². The number of hydrogen-bond donors (Lipinski definition) is 2. The van der Waals surface area contributed by atoms with Crippen LogP contribution >= 0.6 is 0 Å². The molecule has 0 aromatic rings. The van der Waals surface area contributed by atoms with E-state index in [1.807, 2.05) is 13.8 Å². The second-order valence-corrected chi connectivity index (χ2v) is 4.95. The maximum Gasteiger partial charge on any atom is 0.0241 e. The molecule has 0 aromatic heterocycles. The van der Waals surface area contributed by atoms with Gasteiger partial charge in [0, 0.05) is 25.2 Å². The van der Waals surface area contributed by atoms with Crippen LogP contribution in [0.4, 0.5) is 0 Å². The van der Waals surface area contributed by atoms with E-state index in [9.17, 15) is 4.21 Å². The highest BCUT2D eigenvalue weighted by Gasteiger charge is 2.31. The lowest BCUT2D eigenvalue weighted by Gasteiger charge is -2.34. The first-order valence-electron chi connectivity index (χ1n) is 4.97. The third-order valence-corrected chi connectivity index (χ3v) is 3.91. The molecule has 1 saturated heterocycles. The first-order chi connectivity index (χ1) is 6.22. The fourth-order valence-corrected chi connectivity index (χ4v) is 2.90. The van der Waals surface area contributed by atoms with E-state index in [4.69, 9.17) is 11.5 Å². The van der Waals surface area contributed by atoms with Crippen LogP contribution in [0.25, 0.3) is 0 Å². The lowest BCUT2D eigenvalue weighted by Crippen LogP contribution is -2.43. The van der Waals surface area contributed by atoms with E-state index >= 15 is 0 Å². The van der Waals surface area contributed by atoms with Crippen molar-refractivity contribution in [2.75, 3.05) is 24.6 Å². The van der Waals surface area contributed by atoms with Gasteiger partial charge in [0.25, 0.3) is 0 Å². The molecule has 1 aliphatic heterocycles. The molecular weight excluding hydrogens is 184 g/mol. The van der Waals surface area contributed by atoms with E-state index in [2.05, 4.69) is 0 Å². The minimum atomic E-state index is -0.601. The standard InChI is InChI=1S/C7H16N2OS.C2H6.2H2/c8-5-7(6-9)1-3-11(10)4-2-7;1-2;;/h1-6,8-9H2;1-2H3;2*1H. The summed E-state index contributed by atoms with van der Waals surface area (Å²) in [5.74, 6) is 1.57. The smallest absolute Gasteiger partial charge is 0.0241 e. The molecule has 4 heteroatoms. The van der Waals surface area contributed by atoms with Crippen molar-refractivity contribution in [1.82, 2.24) is 0 Å². The van der Waals surface area contributed by atoms with Gasteiger partial charge in [0.1, 0.15) is 0 Å². The van der Waals surface area contributed by atoms with Crippen molar-refractivity contribution in [1.29, 1.82) is 0 Å². The van der Waals surface area contributed by atoms with Crippen LogP contribution in [0.5, 0.6) is 0 Å². The van der Waals surface area contributed by atoms with Crippen molar-refractivity contribution in [3.8, 4) is 0 Å². The van der Waals surface area contributed by atoms with Gasteiger partial charge in [0.05, 0.1) is 0 Å². The second kappa shape index (κ2) is 6.51. The maximum atomic E-state index is 11.0. The average molecular weight is 210 g/mol. The van der Waals surface area contributed by atoms with Gasteiger partial charge in [-0.3, -0.25) is 4.21 Å². The van der Waals surface area contributed by atoms with Gasteiger partial charge in [0.2, 0.25) is 0 Å². The molecule has 0 aliphatic carbocycles. The first kappa shape index (κ1) is 13.1. The van der Waals surface area contributed by atoms with Crippen molar-refractivity contribution in [2.45, 2.75) is 26.7 Å². The molecule has 0 amide bonds. The lowest BCUT2D eigenvalue weighted by atomic mass is 9.82. The second-order valence-electron chi connectivity index (χ2n) is 3.26. The molecule has 84 valence electrons. The van der Waals surface area contributed by atoms with Gasteiger partial charge in [0.15, 0.2) is 0 Å². The van der Waals surface area contributed by atoms with Crippen molar-refractivity contribution in [2.24, 2.45) is 16.9 Å². The van der Waals surface area contributed by atoms with E-state index in [0.717, 1.165) is 24.3 Å². The van der Waals surface area contributed by atoms with Crippen LogP contribution in [0.15, 0.2) is 0 Å². The van der Waals surface area contributed by atoms with E-state index in [1.54, 1.807) is 0 Å². The Morgan fingerprint density at radius 2 is 1.62 bits per heavy atom. The molecule has 1 fully saturated rings. The van der Waals surface area contributed by atoms with Gasteiger partial charge in [-0.1, -0.05) is 13.8 Å². The topological polar surface area (TPSA) is 69.1 Å². The van der Waals surface area contributed by atoms with Gasteiger partial charge in [-0.2, -0.15) is 0 Å². The summed E-state index contributed by atoms with van der Waals surface area (Å²) >= 11 is 0. The Labute approximate surface area is 86.7 Å². The Balaban J connectivity index is -0.000000339. The minimum Gasteiger partial charge on any atom is -0.330 e. The highest BCUT2D eigenvalue weighted by atomic mass is 32.2. The van der Waals surface area contributed by atoms with Crippen LogP contribution in [-0.4, -0.2) is 28.8 Å². The third-order valence-electron chi connectivity index (χ3n) is 2.59. The highest BCUT2D eigenvalue weighted by molar-refractivity contribution is 7.85. The monoisotopic (exact) mass is 210 g/mol. The molecule has 0 bridgehead atoms. The Morgan fingerprint density at radius 3 is 1.92 bits per heavy atom. The van der Waals surface area contributed by atoms with Crippen molar-refractivity contribution in [3.05, 3.63) is 0 Å². The lowest BCUT2D eigenvalue weighted by molar-refractivity contribution is 0.281. The summed E-state index contributed by atoms with van der Waals surface area (Å²) in [5.41, 5.74) is 11.3. The summed E-state index contributed by atoms with van der Waals surface area (Å²) in [6, 6.07) is 0. The zero-order chi connectivity index (χ0) is 10.3. The Kier molecular flexibility index (Phi) is 6.55. The molecule has 0 aromatic carbocycles. The van der Waals surface area contributed by atoms with Gasteiger partial charge in [-0.15, -0.1) is 0 Å². The Hall–Kier alpha value is 0.0700. The van der Waals surface area contributed by atoms with Crippen LogP contribution in [0.3, 0.4) is 0 Å². The number of nitrogens with two attached hydrogens (primary N) is 2. The molecule has 0 spiro atoms. The minimum absolute atomic E-state index is 0. The summed E-state index contributed by atoms with van der Waals surface area (Å²) in [5, 5.41) is 0. The molecule has 0 atom stereocenters. The van der Waals surface area contributed by atoms with Crippen molar-refractivity contribution >= 4 is 10.8 Å². The molecule has 4 N–H and O–H groups in total. The van der Waals surface area contributed by atoms with E-state index in [0.29, 0.717) is 13.1 Å². The highest BCUT2D eigenvalue weighted by Crippen LogP contribution is 2.28. The SMILES string of the molecule is CC.NCC1(CN)CCS(=O)CC1.[HH].[HH]. The van der Waals surface area contributed by atoms with Crippen LogP contribution in [0, 0.1) is 5.41 Å². The first-order valence-corrected chi connectivity index (χ1v) is 6.46. The van der Waals surface area contributed by atoms with E-state index < -0.39 is 10.8 Å². The molecular formula is C9H26N2OS. The summed E-state index contributed by atoms with van der Waals surface area (Å²) < 4.78 is 11.0. The molecule has 1 aliphatic rings. The van der Waals surface area contributed by atoms with Gasteiger partial charge >= 0.3 is 0 Å². The van der Waals surface area contributed by atoms with E-state index in [-0.39, 0.29) is 8.27 Å². The molecule has 1 rings (SSSR count). The van der Waals surface area contributed by atoms with Gasteiger partial charge in [-0.05, 0) is 31.3 Å². The molecule has 0 unspecified atom stereocenters. The molecule has 1 heterocycles.